The first kappa shape index (κ1) is 16.2. The molecule has 0 fully saturated rings. The fourth-order valence-electron chi connectivity index (χ4n) is 1.64. The van der Waals surface area contributed by atoms with Gasteiger partial charge in [0.15, 0.2) is 0 Å². The standard InChI is InChI=1S/C9H13.C7H9.Fe/c1-3-8-5-6-9(4-2)7-8;1-2-7-5-3-4-6-7;/h5-7H,3-4H2,1-2H3;3-6H,2H2,1H3;/q2*-1;+2. The van der Waals surface area contributed by atoms with Gasteiger partial charge in [-0.15, -0.1) is 0 Å². The van der Waals surface area contributed by atoms with E-state index in [2.05, 4.69) is 63.2 Å². The molecule has 17 heavy (non-hydrogen) atoms. The third kappa shape index (κ3) is 5.91. The second-order valence-electron chi connectivity index (χ2n) is 3.98. The molecule has 0 heterocycles. The molecule has 0 radical (unpaired) electrons. The molecule has 0 saturated carbocycles. The van der Waals surface area contributed by atoms with E-state index in [0.717, 1.165) is 6.42 Å². The summed E-state index contributed by atoms with van der Waals surface area (Å²) < 4.78 is 0. The van der Waals surface area contributed by atoms with Gasteiger partial charge >= 0.3 is 17.1 Å². The van der Waals surface area contributed by atoms with Crippen LogP contribution in [0.25, 0.3) is 0 Å². The summed E-state index contributed by atoms with van der Waals surface area (Å²) >= 11 is 0. The number of rotatable bonds is 3. The molecule has 0 aliphatic rings. The maximum atomic E-state index is 2.28. The van der Waals surface area contributed by atoms with Crippen molar-refractivity contribution in [1.29, 1.82) is 0 Å². The fraction of sp³-hybridized carbons (Fsp3) is 0.375. The Bertz CT molecular complexity index is 349. The zero-order valence-electron chi connectivity index (χ0n) is 11.0. The van der Waals surface area contributed by atoms with Crippen LogP contribution < -0.4 is 0 Å². The van der Waals surface area contributed by atoms with E-state index in [0.29, 0.717) is 0 Å². The SMILES string of the molecule is CCc1cc[c-](CC)c1.CCc1ccc[cH-]1.[Fe+2]. The van der Waals surface area contributed by atoms with Crippen LogP contribution in [0.4, 0.5) is 0 Å². The Labute approximate surface area is 116 Å². The molecule has 1 heteroatoms. The molecule has 0 atom stereocenters. The van der Waals surface area contributed by atoms with Crippen LogP contribution in [-0.2, 0) is 36.3 Å². The normalized spacial score (nSPS) is 9.12. The number of hydrogen-bond donors (Lipinski definition) is 0. The fourth-order valence-corrected chi connectivity index (χ4v) is 1.64. The van der Waals surface area contributed by atoms with Gasteiger partial charge in [-0.05, 0) is 0 Å². The molecule has 0 bridgehead atoms. The van der Waals surface area contributed by atoms with Gasteiger partial charge in [0.1, 0.15) is 0 Å². The Hall–Kier alpha value is -0.781. The molecule has 2 aromatic rings. The first-order chi connectivity index (χ1) is 7.80. The largest absolute Gasteiger partial charge is 2.00 e. The Kier molecular flexibility index (Phi) is 8.84. The maximum absolute atomic E-state index is 2.28. The molecule has 2 aromatic carbocycles. The van der Waals surface area contributed by atoms with Crippen molar-refractivity contribution in [3.05, 3.63) is 59.2 Å². The van der Waals surface area contributed by atoms with Crippen LogP contribution >= 0.6 is 0 Å². The molecule has 0 aromatic heterocycles. The van der Waals surface area contributed by atoms with Crippen molar-refractivity contribution in [2.24, 2.45) is 0 Å². The van der Waals surface area contributed by atoms with Crippen LogP contribution in [-0.4, -0.2) is 0 Å². The molecule has 2 rings (SSSR count). The summed E-state index contributed by atoms with van der Waals surface area (Å²) in [7, 11) is 0. The topological polar surface area (TPSA) is 0 Å². The van der Waals surface area contributed by atoms with Crippen LogP contribution in [0.5, 0.6) is 0 Å². The Morgan fingerprint density at radius 2 is 1.88 bits per heavy atom. The van der Waals surface area contributed by atoms with Gasteiger partial charge in [-0.2, -0.15) is 41.0 Å². The minimum absolute atomic E-state index is 0. The first-order valence-electron chi connectivity index (χ1n) is 6.25. The van der Waals surface area contributed by atoms with E-state index in [9.17, 15) is 0 Å². The van der Waals surface area contributed by atoms with E-state index in [1.807, 2.05) is 0 Å². The molecule has 0 aliphatic heterocycles. The molecule has 0 saturated heterocycles. The molecule has 0 aliphatic carbocycles. The third-order valence-corrected chi connectivity index (χ3v) is 2.84. The summed E-state index contributed by atoms with van der Waals surface area (Å²) in [5.74, 6) is 0. The average molecular weight is 270 g/mol. The molecule has 0 unspecified atom stereocenters. The summed E-state index contributed by atoms with van der Waals surface area (Å²) in [6, 6.07) is 15.1. The molecule has 0 amide bonds. The van der Waals surface area contributed by atoms with Crippen LogP contribution in [0.3, 0.4) is 0 Å². The number of hydrogen-bond acceptors (Lipinski definition) is 0. The second kappa shape index (κ2) is 9.27. The van der Waals surface area contributed by atoms with E-state index in [4.69, 9.17) is 0 Å². The zero-order valence-corrected chi connectivity index (χ0v) is 12.1. The van der Waals surface area contributed by atoms with Crippen molar-refractivity contribution in [3.8, 4) is 0 Å². The molecule has 94 valence electrons. The quantitative estimate of drug-likeness (QED) is 0.569. The van der Waals surface area contributed by atoms with Crippen LogP contribution in [0, 0.1) is 0 Å². The van der Waals surface area contributed by atoms with Gasteiger partial charge < -0.3 is 0 Å². The van der Waals surface area contributed by atoms with E-state index in [1.54, 1.807) is 0 Å². The van der Waals surface area contributed by atoms with E-state index < -0.39 is 0 Å². The molecular weight excluding hydrogens is 248 g/mol. The summed E-state index contributed by atoms with van der Waals surface area (Å²) in [6.07, 6.45) is 3.49. The second-order valence-corrected chi connectivity index (χ2v) is 3.98. The van der Waals surface area contributed by atoms with Gasteiger partial charge in [0, 0.05) is 0 Å². The van der Waals surface area contributed by atoms with Gasteiger partial charge in [-0.1, -0.05) is 40.0 Å². The van der Waals surface area contributed by atoms with Crippen molar-refractivity contribution >= 4 is 0 Å². The van der Waals surface area contributed by atoms with E-state index in [1.165, 1.54) is 29.5 Å². The van der Waals surface area contributed by atoms with Crippen LogP contribution in [0.2, 0.25) is 0 Å². The van der Waals surface area contributed by atoms with E-state index >= 15 is 0 Å². The third-order valence-electron chi connectivity index (χ3n) is 2.84. The van der Waals surface area contributed by atoms with Gasteiger partial charge in [0.25, 0.3) is 0 Å². The smallest absolute Gasteiger partial charge is 0.213 e. The van der Waals surface area contributed by atoms with Crippen LogP contribution in [0.1, 0.15) is 37.5 Å². The van der Waals surface area contributed by atoms with Crippen molar-refractivity contribution < 1.29 is 17.1 Å². The summed E-state index contributed by atoms with van der Waals surface area (Å²) in [5, 5.41) is 0. The van der Waals surface area contributed by atoms with Gasteiger partial charge in [-0.3, -0.25) is 0 Å². The summed E-state index contributed by atoms with van der Waals surface area (Å²) in [6.45, 7) is 6.54. The van der Waals surface area contributed by atoms with Crippen molar-refractivity contribution in [1.82, 2.24) is 0 Å². The Morgan fingerprint density at radius 1 is 1.12 bits per heavy atom. The van der Waals surface area contributed by atoms with Gasteiger partial charge in [-0.25, -0.2) is 18.2 Å². The zero-order chi connectivity index (χ0) is 11.8. The predicted molar refractivity (Wildman–Crippen MR) is 72.2 cm³/mol. The molecule has 0 nitrogen and oxygen atoms in total. The van der Waals surface area contributed by atoms with Gasteiger partial charge in [0.05, 0.1) is 0 Å². The molecule has 0 N–H and O–H groups in total. The molecule has 0 spiro atoms. The average Bonchev–Trinajstić information content (AvgIpc) is 3.00. The predicted octanol–water partition coefficient (Wildman–Crippen LogP) is 4.50. The number of aryl methyl sites for hydroxylation is 3. The summed E-state index contributed by atoms with van der Waals surface area (Å²) in [4.78, 5) is 0. The Morgan fingerprint density at radius 3 is 2.18 bits per heavy atom. The van der Waals surface area contributed by atoms with Crippen molar-refractivity contribution in [3.63, 3.8) is 0 Å². The summed E-state index contributed by atoms with van der Waals surface area (Å²) in [5.41, 5.74) is 4.36. The molecular formula is C16H22Fe. The monoisotopic (exact) mass is 270 g/mol. The van der Waals surface area contributed by atoms with Crippen molar-refractivity contribution in [2.75, 3.05) is 0 Å². The first-order valence-corrected chi connectivity index (χ1v) is 6.25. The van der Waals surface area contributed by atoms with Gasteiger partial charge in [0.2, 0.25) is 0 Å². The minimum Gasteiger partial charge on any atom is -0.213 e. The Balaban J connectivity index is 0.000000292. The van der Waals surface area contributed by atoms with Crippen LogP contribution in [0.15, 0.2) is 42.5 Å². The minimum atomic E-state index is 0. The maximum Gasteiger partial charge on any atom is 2.00 e. The van der Waals surface area contributed by atoms with Crippen molar-refractivity contribution in [2.45, 2.75) is 40.0 Å². The van der Waals surface area contributed by atoms with E-state index in [-0.39, 0.29) is 17.1 Å².